The van der Waals surface area contributed by atoms with E-state index in [2.05, 4.69) is 4.74 Å². The van der Waals surface area contributed by atoms with Crippen molar-refractivity contribution in [2.45, 2.75) is 32.6 Å². The van der Waals surface area contributed by atoms with E-state index in [1.807, 2.05) is 0 Å². The van der Waals surface area contributed by atoms with Crippen molar-refractivity contribution >= 4 is 16.1 Å². The van der Waals surface area contributed by atoms with Crippen LogP contribution in [0.2, 0.25) is 0 Å². The molecular formula is C7H12F2O5S. The molecule has 0 saturated heterocycles. The van der Waals surface area contributed by atoms with Gasteiger partial charge in [-0.2, -0.15) is 8.42 Å². The van der Waals surface area contributed by atoms with Gasteiger partial charge < -0.3 is 4.74 Å². The lowest BCUT2D eigenvalue weighted by molar-refractivity contribution is -0.196. The molecule has 0 saturated carbocycles. The summed E-state index contributed by atoms with van der Waals surface area (Å²) >= 11 is 0. The molecule has 1 N–H and O–H groups in total. The number of carbonyl (C=O) groups is 1. The Bertz CT molecular complexity index is 341. The van der Waals surface area contributed by atoms with Crippen LogP contribution < -0.4 is 0 Å². The van der Waals surface area contributed by atoms with Crippen LogP contribution in [0.25, 0.3) is 0 Å². The summed E-state index contributed by atoms with van der Waals surface area (Å²) < 4.78 is 56.5. The smallest absolute Gasteiger partial charge is 0.387 e. The van der Waals surface area contributed by atoms with E-state index in [1.165, 1.54) is 0 Å². The van der Waals surface area contributed by atoms with Crippen molar-refractivity contribution in [3.8, 4) is 0 Å². The summed E-state index contributed by atoms with van der Waals surface area (Å²) in [4.78, 5) is 10.8. The summed E-state index contributed by atoms with van der Waals surface area (Å²) in [5.41, 5.74) is -5.51. The van der Waals surface area contributed by atoms with Crippen molar-refractivity contribution in [3.63, 3.8) is 0 Å². The highest BCUT2D eigenvalue weighted by atomic mass is 32.2. The number of rotatable bonds is 3. The maximum Gasteiger partial charge on any atom is 0.536 e. The molecule has 0 spiro atoms. The third kappa shape index (κ3) is 5.03. The fourth-order valence-corrected chi connectivity index (χ4v) is 0.853. The van der Waals surface area contributed by atoms with Gasteiger partial charge in [0.05, 0.1) is 6.42 Å². The molecule has 0 aromatic heterocycles. The fraction of sp³-hybridized carbons (Fsp3) is 0.857. The molecule has 5 nitrogen and oxygen atoms in total. The predicted molar refractivity (Wildman–Crippen MR) is 46.7 cm³/mol. The Kier molecular flexibility index (Phi) is 3.81. The summed E-state index contributed by atoms with van der Waals surface area (Å²) in [6, 6.07) is 0. The summed E-state index contributed by atoms with van der Waals surface area (Å²) in [6.07, 6.45) is -0.391. The highest BCUT2D eigenvalue weighted by Crippen LogP contribution is 2.26. The monoisotopic (exact) mass is 246 g/mol. The van der Waals surface area contributed by atoms with E-state index >= 15 is 0 Å². The summed E-state index contributed by atoms with van der Waals surface area (Å²) in [6.45, 7) is 4.75. The lowest BCUT2D eigenvalue weighted by atomic mass is 9.93. The normalized spacial score (nSPS) is 13.7. The average molecular weight is 246 g/mol. The molecule has 0 aliphatic rings. The molecule has 0 heterocycles. The maximum absolute atomic E-state index is 12.5. The Morgan fingerprint density at radius 2 is 1.73 bits per heavy atom. The van der Waals surface area contributed by atoms with E-state index < -0.39 is 33.4 Å². The molecule has 0 aromatic carbocycles. The second-order valence-electron chi connectivity index (χ2n) is 4.15. The average Bonchev–Trinajstić information content (AvgIpc) is 1.75. The molecule has 0 radical (unpaired) electrons. The minimum atomic E-state index is -5.73. The quantitative estimate of drug-likeness (QED) is 0.601. The van der Waals surface area contributed by atoms with Crippen molar-refractivity contribution in [2.75, 3.05) is 0 Å². The van der Waals surface area contributed by atoms with Crippen LogP contribution in [-0.2, 0) is 19.6 Å². The van der Waals surface area contributed by atoms with Crippen LogP contribution in [0, 0.1) is 5.41 Å². The van der Waals surface area contributed by atoms with E-state index in [0.29, 0.717) is 0 Å². The van der Waals surface area contributed by atoms with E-state index in [4.69, 9.17) is 4.55 Å². The first-order valence-corrected chi connectivity index (χ1v) is 5.36. The van der Waals surface area contributed by atoms with Crippen molar-refractivity contribution in [3.05, 3.63) is 0 Å². The Morgan fingerprint density at radius 3 is 2.00 bits per heavy atom. The van der Waals surface area contributed by atoms with Crippen LogP contribution in [0.5, 0.6) is 0 Å². The number of hydrogen-bond donors (Lipinski definition) is 1. The largest absolute Gasteiger partial charge is 0.536 e. The highest BCUT2D eigenvalue weighted by molar-refractivity contribution is 7.86. The number of halogens is 2. The number of ether oxygens (including phenoxy) is 1. The molecule has 0 aromatic rings. The van der Waals surface area contributed by atoms with Gasteiger partial charge in [-0.15, -0.1) is 8.78 Å². The third-order valence-corrected chi connectivity index (χ3v) is 1.89. The summed E-state index contributed by atoms with van der Waals surface area (Å²) in [5, 5.41) is 0. The fourth-order valence-electron chi connectivity index (χ4n) is 0.654. The first-order valence-electron chi connectivity index (χ1n) is 3.92. The second-order valence-corrected chi connectivity index (χ2v) is 5.58. The van der Waals surface area contributed by atoms with Crippen molar-refractivity contribution in [1.82, 2.24) is 0 Å². The molecule has 15 heavy (non-hydrogen) atoms. The van der Waals surface area contributed by atoms with Crippen LogP contribution in [0.3, 0.4) is 0 Å². The zero-order chi connectivity index (χ0) is 12.5. The molecule has 0 bridgehead atoms. The van der Waals surface area contributed by atoms with Gasteiger partial charge in [-0.3, -0.25) is 9.35 Å². The van der Waals surface area contributed by atoms with E-state index in [-0.39, 0.29) is 0 Å². The SMILES string of the molecule is CC(C)(C)CC(=O)OC(F)(F)S(=O)(=O)O. The van der Waals surface area contributed by atoms with E-state index in [9.17, 15) is 22.0 Å². The molecule has 0 aliphatic carbocycles. The molecule has 0 unspecified atom stereocenters. The minimum absolute atomic E-state index is 0.391. The van der Waals surface area contributed by atoms with Gasteiger partial charge in [0.25, 0.3) is 0 Å². The first kappa shape index (κ1) is 14.2. The molecule has 0 fully saturated rings. The number of esters is 1. The third-order valence-electron chi connectivity index (χ3n) is 1.21. The maximum atomic E-state index is 12.5. The standard InChI is InChI=1S/C7H12F2O5S/c1-6(2,3)4-5(10)14-7(8,9)15(11,12)13/h4H2,1-3H3,(H,11,12,13). The Balaban J connectivity index is 4.57. The molecular weight excluding hydrogens is 234 g/mol. The van der Waals surface area contributed by atoms with Crippen LogP contribution in [0.15, 0.2) is 0 Å². The second kappa shape index (κ2) is 4.01. The van der Waals surface area contributed by atoms with E-state index in [1.54, 1.807) is 20.8 Å². The molecule has 0 rings (SSSR count). The Morgan fingerprint density at radius 1 is 1.33 bits per heavy atom. The predicted octanol–water partition coefficient (Wildman–Crippen LogP) is 1.40. The van der Waals surface area contributed by atoms with Gasteiger partial charge in [0.15, 0.2) is 0 Å². The molecule has 0 amide bonds. The number of alkyl halides is 2. The summed E-state index contributed by atoms with van der Waals surface area (Å²) in [5.74, 6) is -1.40. The van der Waals surface area contributed by atoms with Crippen molar-refractivity contribution in [1.29, 1.82) is 0 Å². The zero-order valence-corrected chi connectivity index (χ0v) is 9.27. The Hall–Kier alpha value is -0.760. The molecule has 0 atom stereocenters. The van der Waals surface area contributed by atoms with Crippen LogP contribution in [0.4, 0.5) is 8.78 Å². The van der Waals surface area contributed by atoms with Gasteiger partial charge >= 0.3 is 21.5 Å². The topological polar surface area (TPSA) is 80.7 Å². The van der Waals surface area contributed by atoms with Crippen LogP contribution >= 0.6 is 0 Å². The van der Waals surface area contributed by atoms with Gasteiger partial charge in [0.2, 0.25) is 0 Å². The van der Waals surface area contributed by atoms with Gasteiger partial charge in [0, 0.05) is 0 Å². The van der Waals surface area contributed by atoms with Crippen molar-refractivity contribution < 1.29 is 31.3 Å². The van der Waals surface area contributed by atoms with Crippen LogP contribution in [0.1, 0.15) is 27.2 Å². The molecule has 8 heteroatoms. The van der Waals surface area contributed by atoms with Gasteiger partial charge in [-0.1, -0.05) is 20.8 Å². The minimum Gasteiger partial charge on any atom is -0.387 e. The van der Waals surface area contributed by atoms with Crippen molar-refractivity contribution in [2.24, 2.45) is 5.41 Å². The lowest BCUT2D eigenvalue weighted by Gasteiger charge is -2.19. The Labute approximate surface area is 86.2 Å². The summed E-state index contributed by atoms with van der Waals surface area (Å²) in [7, 11) is -5.73. The lowest BCUT2D eigenvalue weighted by Crippen LogP contribution is -2.35. The van der Waals surface area contributed by atoms with Gasteiger partial charge in [0.1, 0.15) is 0 Å². The first-order chi connectivity index (χ1) is 6.35. The van der Waals surface area contributed by atoms with E-state index in [0.717, 1.165) is 0 Å². The number of carbonyl (C=O) groups excluding carboxylic acids is 1. The highest BCUT2D eigenvalue weighted by Gasteiger charge is 2.49. The van der Waals surface area contributed by atoms with Gasteiger partial charge in [-0.25, -0.2) is 0 Å². The molecule has 0 aliphatic heterocycles. The molecule has 90 valence electrons. The number of hydrogen-bond acceptors (Lipinski definition) is 4. The van der Waals surface area contributed by atoms with Crippen LogP contribution in [-0.4, -0.2) is 24.4 Å². The van der Waals surface area contributed by atoms with Gasteiger partial charge in [-0.05, 0) is 5.41 Å². The zero-order valence-electron chi connectivity index (χ0n) is 8.45.